The van der Waals surface area contributed by atoms with Crippen molar-refractivity contribution in [2.24, 2.45) is 0 Å². The number of hydrogen-bond acceptors (Lipinski definition) is 5. The van der Waals surface area contributed by atoms with Crippen LogP contribution in [-0.4, -0.2) is 23.3 Å². The summed E-state index contributed by atoms with van der Waals surface area (Å²) in [6.45, 7) is 1.92. The van der Waals surface area contributed by atoms with Crippen LogP contribution in [0.2, 0.25) is 0 Å². The first-order chi connectivity index (χ1) is 14.5. The molecule has 3 aromatic rings. The molecule has 0 unspecified atom stereocenters. The van der Waals surface area contributed by atoms with Crippen molar-refractivity contribution in [2.45, 2.75) is 26.2 Å². The molecule has 0 spiro atoms. The van der Waals surface area contributed by atoms with E-state index in [9.17, 15) is 14.7 Å². The van der Waals surface area contributed by atoms with Gasteiger partial charge in [-0.1, -0.05) is 36.4 Å². The van der Waals surface area contributed by atoms with Crippen molar-refractivity contribution in [3.8, 4) is 11.5 Å². The van der Waals surface area contributed by atoms with E-state index in [1.165, 1.54) is 24.6 Å². The standard InChI is InChI=1S/C25H25NO4/c1-17(27)22-16-19(30-15-6-5-10-18-8-3-2-4-9-18)13-14-20(22)24(28)21-11-7-12-23(26)25(21)29/h2-4,7-9,11-14,16,29H,5-6,10,15,26H2,1H3. The van der Waals surface area contributed by atoms with Gasteiger partial charge in [0.05, 0.1) is 17.9 Å². The number of Topliss-reactive ketones (excluding diaryl/α,β-unsaturated/α-hetero) is 1. The number of rotatable bonds is 9. The first-order valence-corrected chi connectivity index (χ1v) is 9.91. The molecule has 3 rings (SSSR count). The monoisotopic (exact) mass is 403 g/mol. The fourth-order valence-corrected chi connectivity index (χ4v) is 3.26. The lowest BCUT2D eigenvalue weighted by Gasteiger charge is -2.12. The number of unbranched alkanes of at least 4 members (excludes halogenated alkanes) is 1. The second-order valence-corrected chi connectivity index (χ2v) is 7.13. The van der Waals surface area contributed by atoms with Crippen LogP contribution < -0.4 is 10.5 Å². The summed E-state index contributed by atoms with van der Waals surface area (Å²) in [7, 11) is 0. The average molecular weight is 403 g/mol. The molecule has 3 aromatic carbocycles. The van der Waals surface area contributed by atoms with Gasteiger partial charge in [-0.05, 0) is 62.1 Å². The first kappa shape index (κ1) is 21.1. The quantitative estimate of drug-likeness (QED) is 0.232. The summed E-state index contributed by atoms with van der Waals surface area (Å²) >= 11 is 0. The number of phenols is 1. The predicted octanol–water partition coefficient (Wildman–Crippen LogP) is 4.81. The largest absolute Gasteiger partial charge is 0.505 e. The van der Waals surface area contributed by atoms with Gasteiger partial charge in [0.2, 0.25) is 0 Å². The molecule has 0 saturated heterocycles. The lowest BCUT2D eigenvalue weighted by atomic mass is 9.95. The Bertz CT molecular complexity index is 1040. The van der Waals surface area contributed by atoms with Crippen LogP contribution >= 0.6 is 0 Å². The number of aryl methyl sites for hydroxylation is 1. The van der Waals surface area contributed by atoms with Crippen LogP contribution in [0.1, 0.15) is 51.6 Å². The highest BCUT2D eigenvalue weighted by Gasteiger charge is 2.20. The van der Waals surface area contributed by atoms with E-state index in [-0.39, 0.29) is 33.9 Å². The molecule has 0 bridgehead atoms. The van der Waals surface area contributed by atoms with Gasteiger partial charge in [-0.15, -0.1) is 0 Å². The highest BCUT2D eigenvalue weighted by molar-refractivity contribution is 6.17. The minimum absolute atomic E-state index is 0.0621. The molecular formula is C25H25NO4. The molecule has 0 amide bonds. The summed E-state index contributed by atoms with van der Waals surface area (Å²) in [5, 5.41) is 10.1. The van der Waals surface area contributed by atoms with Crippen LogP contribution in [0, 0.1) is 0 Å². The predicted molar refractivity (Wildman–Crippen MR) is 117 cm³/mol. The summed E-state index contributed by atoms with van der Waals surface area (Å²) in [5.74, 6) is -0.459. The number of aromatic hydroxyl groups is 1. The highest BCUT2D eigenvalue weighted by Crippen LogP contribution is 2.29. The lowest BCUT2D eigenvalue weighted by molar-refractivity contribution is 0.0989. The van der Waals surface area contributed by atoms with E-state index in [1.54, 1.807) is 24.3 Å². The van der Waals surface area contributed by atoms with Crippen molar-refractivity contribution in [1.82, 2.24) is 0 Å². The Morgan fingerprint density at radius 1 is 0.900 bits per heavy atom. The fourth-order valence-electron chi connectivity index (χ4n) is 3.26. The van der Waals surface area contributed by atoms with Crippen LogP contribution in [0.15, 0.2) is 66.7 Å². The fraction of sp³-hybridized carbons (Fsp3) is 0.200. The van der Waals surface area contributed by atoms with Crippen molar-refractivity contribution in [3.63, 3.8) is 0 Å². The summed E-state index contributed by atoms with van der Waals surface area (Å²) in [6, 6.07) is 19.6. The highest BCUT2D eigenvalue weighted by atomic mass is 16.5. The zero-order chi connectivity index (χ0) is 21.5. The third-order valence-electron chi connectivity index (χ3n) is 4.90. The molecular weight excluding hydrogens is 378 g/mol. The number of carbonyl (C=O) groups excluding carboxylic acids is 2. The van der Waals surface area contributed by atoms with Gasteiger partial charge in [0.15, 0.2) is 11.6 Å². The Morgan fingerprint density at radius 2 is 1.67 bits per heavy atom. The van der Waals surface area contributed by atoms with E-state index in [0.29, 0.717) is 12.4 Å². The third kappa shape index (κ3) is 5.06. The number of nitrogens with two attached hydrogens (primary N) is 1. The molecule has 0 aliphatic rings. The molecule has 0 fully saturated rings. The number of phenolic OH excluding ortho intramolecular Hbond substituents is 1. The SMILES string of the molecule is CC(=O)c1cc(OCCCCc2ccccc2)ccc1C(=O)c1cccc(N)c1O. The molecule has 0 aliphatic carbocycles. The maximum Gasteiger partial charge on any atom is 0.197 e. The van der Waals surface area contributed by atoms with Crippen molar-refractivity contribution in [1.29, 1.82) is 0 Å². The zero-order valence-electron chi connectivity index (χ0n) is 16.9. The molecule has 0 heterocycles. The number of benzene rings is 3. The van der Waals surface area contributed by atoms with Crippen LogP contribution in [-0.2, 0) is 6.42 Å². The van der Waals surface area contributed by atoms with Gasteiger partial charge in [-0.2, -0.15) is 0 Å². The molecule has 0 aliphatic heterocycles. The minimum Gasteiger partial charge on any atom is -0.505 e. The van der Waals surface area contributed by atoms with Gasteiger partial charge in [-0.3, -0.25) is 9.59 Å². The molecule has 5 nitrogen and oxygen atoms in total. The summed E-state index contributed by atoms with van der Waals surface area (Å²) in [5.41, 5.74) is 7.62. The minimum atomic E-state index is -0.459. The Hall–Kier alpha value is -3.60. The molecule has 30 heavy (non-hydrogen) atoms. The maximum absolute atomic E-state index is 12.9. The molecule has 154 valence electrons. The van der Waals surface area contributed by atoms with Crippen LogP contribution in [0.4, 0.5) is 5.69 Å². The van der Waals surface area contributed by atoms with Crippen LogP contribution in [0.3, 0.4) is 0 Å². The normalized spacial score (nSPS) is 10.6. The number of carbonyl (C=O) groups is 2. The summed E-state index contributed by atoms with van der Waals surface area (Å²) in [4.78, 5) is 25.0. The lowest BCUT2D eigenvalue weighted by Crippen LogP contribution is -2.10. The van der Waals surface area contributed by atoms with E-state index in [2.05, 4.69) is 12.1 Å². The van der Waals surface area contributed by atoms with E-state index < -0.39 is 5.78 Å². The molecule has 0 aromatic heterocycles. The topological polar surface area (TPSA) is 89.6 Å². The summed E-state index contributed by atoms with van der Waals surface area (Å²) in [6.07, 6.45) is 2.86. The Balaban J connectivity index is 1.67. The third-order valence-corrected chi connectivity index (χ3v) is 4.90. The van der Waals surface area contributed by atoms with Crippen molar-refractivity contribution >= 4 is 17.3 Å². The number of para-hydroxylation sites is 1. The molecule has 0 radical (unpaired) electrons. The van der Waals surface area contributed by atoms with Crippen molar-refractivity contribution in [3.05, 3.63) is 89.0 Å². The van der Waals surface area contributed by atoms with Gasteiger partial charge < -0.3 is 15.6 Å². The van der Waals surface area contributed by atoms with Crippen LogP contribution in [0.25, 0.3) is 0 Å². The van der Waals surface area contributed by atoms with E-state index in [4.69, 9.17) is 10.5 Å². The zero-order valence-corrected chi connectivity index (χ0v) is 16.9. The maximum atomic E-state index is 12.9. The first-order valence-electron chi connectivity index (χ1n) is 9.91. The number of ether oxygens (including phenoxy) is 1. The second kappa shape index (κ2) is 9.74. The Morgan fingerprint density at radius 3 is 2.40 bits per heavy atom. The van der Waals surface area contributed by atoms with E-state index >= 15 is 0 Å². The molecule has 3 N–H and O–H groups in total. The van der Waals surface area contributed by atoms with Gasteiger partial charge in [0.1, 0.15) is 11.5 Å². The molecule has 0 atom stereocenters. The van der Waals surface area contributed by atoms with Gasteiger partial charge >= 0.3 is 0 Å². The van der Waals surface area contributed by atoms with Crippen molar-refractivity contribution < 1.29 is 19.4 Å². The van der Waals surface area contributed by atoms with Crippen molar-refractivity contribution in [2.75, 3.05) is 12.3 Å². The average Bonchev–Trinajstić information content (AvgIpc) is 2.75. The Kier molecular flexibility index (Phi) is 6.86. The van der Waals surface area contributed by atoms with Gasteiger partial charge in [0.25, 0.3) is 0 Å². The number of anilines is 1. The molecule has 0 saturated carbocycles. The molecule has 5 heteroatoms. The van der Waals surface area contributed by atoms with E-state index in [0.717, 1.165) is 19.3 Å². The summed E-state index contributed by atoms with van der Waals surface area (Å²) < 4.78 is 5.79. The van der Waals surface area contributed by atoms with Gasteiger partial charge in [-0.25, -0.2) is 0 Å². The number of ketones is 2. The smallest absolute Gasteiger partial charge is 0.197 e. The number of hydrogen-bond donors (Lipinski definition) is 2. The van der Waals surface area contributed by atoms with Crippen LogP contribution in [0.5, 0.6) is 11.5 Å². The Labute approximate surface area is 176 Å². The van der Waals surface area contributed by atoms with E-state index in [1.807, 2.05) is 18.2 Å². The van der Waals surface area contributed by atoms with Gasteiger partial charge in [0, 0.05) is 11.1 Å². The number of nitrogen functional groups attached to an aromatic ring is 1. The second-order valence-electron chi connectivity index (χ2n) is 7.13.